The molecule has 0 radical (unpaired) electrons. The summed E-state index contributed by atoms with van der Waals surface area (Å²) < 4.78 is 5.76. The van der Waals surface area contributed by atoms with Gasteiger partial charge in [0.2, 0.25) is 0 Å². The summed E-state index contributed by atoms with van der Waals surface area (Å²) in [6, 6.07) is 14.7. The standard InChI is InChI=1S/C18H20ClNO2/c1-3-16(12-22-17-9-4-6-13(2)10-17)20-18(21)14-7-5-8-15(19)11-14/h4-11,16H,3,12H2,1-2H3,(H,20,21)/t16-/m0/s1. The Kier molecular flexibility index (Phi) is 5.84. The molecule has 0 aliphatic carbocycles. The zero-order valence-corrected chi connectivity index (χ0v) is 13.6. The number of benzene rings is 2. The van der Waals surface area contributed by atoms with Gasteiger partial charge in [-0.05, 0) is 49.2 Å². The topological polar surface area (TPSA) is 38.3 Å². The van der Waals surface area contributed by atoms with Crippen LogP contribution in [0.5, 0.6) is 5.75 Å². The number of halogens is 1. The third-order valence-electron chi connectivity index (χ3n) is 3.36. The molecule has 0 heterocycles. The molecule has 0 aliphatic heterocycles. The fourth-order valence-corrected chi connectivity index (χ4v) is 2.25. The summed E-state index contributed by atoms with van der Waals surface area (Å²) in [7, 11) is 0. The molecule has 3 nitrogen and oxygen atoms in total. The smallest absolute Gasteiger partial charge is 0.251 e. The summed E-state index contributed by atoms with van der Waals surface area (Å²) >= 11 is 5.91. The van der Waals surface area contributed by atoms with Crippen LogP contribution in [0.2, 0.25) is 5.02 Å². The second-order valence-corrected chi connectivity index (χ2v) is 5.65. The van der Waals surface area contributed by atoms with Crippen LogP contribution in [0, 0.1) is 6.92 Å². The molecule has 0 unspecified atom stereocenters. The lowest BCUT2D eigenvalue weighted by atomic mass is 10.1. The van der Waals surface area contributed by atoms with Crippen molar-refractivity contribution in [2.75, 3.05) is 6.61 Å². The van der Waals surface area contributed by atoms with Crippen molar-refractivity contribution in [2.24, 2.45) is 0 Å². The van der Waals surface area contributed by atoms with E-state index in [0.717, 1.165) is 17.7 Å². The van der Waals surface area contributed by atoms with Gasteiger partial charge in [0.25, 0.3) is 5.91 Å². The maximum Gasteiger partial charge on any atom is 0.251 e. The number of nitrogens with one attached hydrogen (secondary N) is 1. The average Bonchev–Trinajstić information content (AvgIpc) is 2.51. The number of amides is 1. The van der Waals surface area contributed by atoms with E-state index in [-0.39, 0.29) is 11.9 Å². The Balaban J connectivity index is 1.93. The Morgan fingerprint density at radius 1 is 1.23 bits per heavy atom. The van der Waals surface area contributed by atoms with Gasteiger partial charge in [-0.25, -0.2) is 0 Å². The van der Waals surface area contributed by atoms with Gasteiger partial charge in [0.15, 0.2) is 0 Å². The zero-order valence-electron chi connectivity index (χ0n) is 12.8. The number of hydrogen-bond donors (Lipinski definition) is 1. The van der Waals surface area contributed by atoms with Gasteiger partial charge >= 0.3 is 0 Å². The second-order valence-electron chi connectivity index (χ2n) is 5.22. The fraction of sp³-hybridized carbons (Fsp3) is 0.278. The first kappa shape index (κ1) is 16.4. The summed E-state index contributed by atoms with van der Waals surface area (Å²) in [5.41, 5.74) is 1.70. The van der Waals surface area contributed by atoms with E-state index in [9.17, 15) is 4.79 Å². The molecule has 0 aromatic heterocycles. The van der Waals surface area contributed by atoms with Gasteiger partial charge in [0.1, 0.15) is 12.4 Å². The second kappa shape index (κ2) is 7.85. The van der Waals surface area contributed by atoms with Gasteiger partial charge in [0.05, 0.1) is 6.04 Å². The molecule has 0 spiro atoms. The molecule has 0 bridgehead atoms. The van der Waals surface area contributed by atoms with E-state index in [1.807, 2.05) is 38.1 Å². The molecular weight excluding hydrogens is 298 g/mol. The van der Waals surface area contributed by atoms with Crippen LogP contribution in [-0.2, 0) is 0 Å². The molecular formula is C18H20ClNO2. The van der Waals surface area contributed by atoms with Gasteiger partial charge in [0, 0.05) is 10.6 Å². The molecule has 22 heavy (non-hydrogen) atoms. The van der Waals surface area contributed by atoms with Crippen LogP contribution >= 0.6 is 11.6 Å². The highest BCUT2D eigenvalue weighted by atomic mass is 35.5. The normalized spacial score (nSPS) is 11.8. The number of carbonyl (C=O) groups excluding carboxylic acids is 1. The first-order valence-corrected chi connectivity index (χ1v) is 7.72. The van der Waals surface area contributed by atoms with Crippen molar-refractivity contribution in [3.05, 3.63) is 64.7 Å². The van der Waals surface area contributed by atoms with E-state index in [4.69, 9.17) is 16.3 Å². The highest BCUT2D eigenvalue weighted by Gasteiger charge is 2.13. The monoisotopic (exact) mass is 317 g/mol. The molecule has 4 heteroatoms. The quantitative estimate of drug-likeness (QED) is 0.865. The lowest BCUT2D eigenvalue weighted by molar-refractivity contribution is 0.0920. The summed E-state index contributed by atoms with van der Waals surface area (Å²) in [5.74, 6) is 0.678. The number of carbonyl (C=O) groups is 1. The molecule has 0 saturated heterocycles. The third-order valence-corrected chi connectivity index (χ3v) is 3.59. The van der Waals surface area contributed by atoms with Gasteiger partial charge in [-0.2, -0.15) is 0 Å². The van der Waals surface area contributed by atoms with Crippen LogP contribution in [0.25, 0.3) is 0 Å². The van der Waals surface area contributed by atoms with Crippen molar-refractivity contribution >= 4 is 17.5 Å². The Morgan fingerprint density at radius 2 is 2.00 bits per heavy atom. The number of rotatable bonds is 6. The number of ether oxygens (including phenoxy) is 1. The molecule has 2 rings (SSSR count). The third kappa shape index (κ3) is 4.78. The van der Waals surface area contributed by atoms with Crippen molar-refractivity contribution in [3.8, 4) is 5.75 Å². The van der Waals surface area contributed by atoms with Crippen LogP contribution in [0.15, 0.2) is 48.5 Å². The zero-order chi connectivity index (χ0) is 15.9. The highest BCUT2D eigenvalue weighted by Crippen LogP contribution is 2.14. The minimum atomic E-state index is -0.137. The summed E-state index contributed by atoms with van der Waals surface area (Å²) in [4.78, 5) is 12.2. The Morgan fingerprint density at radius 3 is 2.68 bits per heavy atom. The largest absolute Gasteiger partial charge is 0.491 e. The molecule has 1 atom stereocenters. The molecule has 1 N–H and O–H groups in total. The Hall–Kier alpha value is -2.00. The van der Waals surface area contributed by atoms with E-state index in [2.05, 4.69) is 5.32 Å². The van der Waals surface area contributed by atoms with E-state index >= 15 is 0 Å². The lowest BCUT2D eigenvalue weighted by Crippen LogP contribution is -2.38. The molecule has 2 aromatic carbocycles. The maximum absolute atomic E-state index is 12.2. The van der Waals surface area contributed by atoms with Crippen molar-refractivity contribution in [3.63, 3.8) is 0 Å². The van der Waals surface area contributed by atoms with Crippen LogP contribution in [-0.4, -0.2) is 18.6 Å². The molecule has 116 valence electrons. The SMILES string of the molecule is CC[C@@H](COc1cccc(C)c1)NC(=O)c1cccc(Cl)c1. The first-order valence-electron chi connectivity index (χ1n) is 7.34. The van der Waals surface area contributed by atoms with E-state index in [0.29, 0.717) is 17.2 Å². The molecule has 0 aliphatic rings. The van der Waals surface area contributed by atoms with Crippen molar-refractivity contribution in [2.45, 2.75) is 26.3 Å². The predicted molar refractivity (Wildman–Crippen MR) is 89.7 cm³/mol. The van der Waals surface area contributed by atoms with Crippen LogP contribution in [0.4, 0.5) is 0 Å². The van der Waals surface area contributed by atoms with Gasteiger partial charge in [-0.1, -0.05) is 36.7 Å². The minimum absolute atomic E-state index is 0.0491. The van der Waals surface area contributed by atoms with Crippen LogP contribution < -0.4 is 10.1 Å². The summed E-state index contributed by atoms with van der Waals surface area (Å²) in [5, 5.41) is 3.52. The molecule has 2 aromatic rings. The maximum atomic E-state index is 12.2. The first-order chi connectivity index (χ1) is 10.6. The Bertz CT molecular complexity index is 642. The molecule has 1 amide bonds. The van der Waals surface area contributed by atoms with E-state index in [1.165, 1.54) is 0 Å². The van der Waals surface area contributed by atoms with E-state index < -0.39 is 0 Å². The molecule has 0 saturated carbocycles. The van der Waals surface area contributed by atoms with Gasteiger partial charge < -0.3 is 10.1 Å². The fourth-order valence-electron chi connectivity index (χ4n) is 2.06. The predicted octanol–water partition coefficient (Wildman–Crippen LogP) is 4.24. The number of aryl methyl sites for hydroxylation is 1. The van der Waals surface area contributed by atoms with E-state index in [1.54, 1.807) is 24.3 Å². The number of hydrogen-bond acceptors (Lipinski definition) is 2. The van der Waals surface area contributed by atoms with Crippen molar-refractivity contribution in [1.82, 2.24) is 5.32 Å². The highest BCUT2D eigenvalue weighted by molar-refractivity contribution is 6.30. The van der Waals surface area contributed by atoms with Crippen molar-refractivity contribution < 1.29 is 9.53 Å². The van der Waals surface area contributed by atoms with Crippen LogP contribution in [0.1, 0.15) is 29.3 Å². The van der Waals surface area contributed by atoms with Crippen LogP contribution in [0.3, 0.4) is 0 Å². The average molecular weight is 318 g/mol. The van der Waals surface area contributed by atoms with Crippen molar-refractivity contribution in [1.29, 1.82) is 0 Å². The molecule has 0 fully saturated rings. The summed E-state index contributed by atoms with van der Waals surface area (Å²) in [6.45, 7) is 4.47. The Labute approximate surface area is 136 Å². The van der Waals surface area contributed by atoms with Gasteiger partial charge in [-0.3, -0.25) is 4.79 Å². The van der Waals surface area contributed by atoms with Gasteiger partial charge in [-0.15, -0.1) is 0 Å². The minimum Gasteiger partial charge on any atom is -0.491 e. The summed E-state index contributed by atoms with van der Waals surface area (Å²) in [6.07, 6.45) is 0.790. The lowest BCUT2D eigenvalue weighted by Gasteiger charge is -2.18.